The summed E-state index contributed by atoms with van der Waals surface area (Å²) in [4.78, 5) is 14.9. The van der Waals surface area contributed by atoms with Crippen molar-refractivity contribution in [2.75, 3.05) is 6.61 Å². The monoisotopic (exact) mass is 257 g/mol. The van der Waals surface area contributed by atoms with Gasteiger partial charge in [0.1, 0.15) is 24.0 Å². The lowest BCUT2D eigenvalue weighted by molar-refractivity contribution is -0.0536. The number of carbonyl (C=O) groups excluding carboxylic acids is 1. The summed E-state index contributed by atoms with van der Waals surface area (Å²) in [6.45, 7) is 1.19. The van der Waals surface area contributed by atoms with Gasteiger partial charge < -0.3 is 30.4 Å². The number of rotatable bonds is 3. The highest BCUT2D eigenvalue weighted by Gasteiger charge is 2.43. The van der Waals surface area contributed by atoms with Crippen LogP contribution in [0.4, 0.5) is 0 Å². The van der Waals surface area contributed by atoms with E-state index in [0.717, 1.165) is 0 Å². The maximum absolute atomic E-state index is 11.1. The minimum absolute atomic E-state index is 0.0766. The number of aliphatic hydroxyl groups is 3. The van der Waals surface area contributed by atoms with Crippen molar-refractivity contribution < 1.29 is 24.9 Å². The van der Waals surface area contributed by atoms with Crippen molar-refractivity contribution in [2.45, 2.75) is 31.5 Å². The zero-order valence-electron chi connectivity index (χ0n) is 9.72. The van der Waals surface area contributed by atoms with Crippen molar-refractivity contribution in [3.05, 3.63) is 17.7 Å². The standard InChI is InChI=1S/C10H15N3O5/c1-4-6(9(11)17)12-3-13(4)10-8(16)7(15)5(2-14)18-10/h3,5,7-8,10,14-16H,2H2,1H3,(H2,11,17)/t5-,7-,8-,10?/m1/s1. The molecule has 0 bridgehead atoms. The SMILES string of the molecule is Cc1c(C(N)=O)ncn1C1O[C@H](CO)[C@@H](O)[C@H]1O. The summed E-state index contributed by atoms with van der Waals surface area (Å²) in [5.74, 6) is -0.682. The Balaban J connectivity index is 2.30. The summed E-state index contributed by atoms with van der Waals surface area (Å²) in [6, 6.07) is 0. The third kappa shape index (κ3) is 1.89. The smallest absolute Gasteiger partial charge is 0.269 e. The molecule has 1 aliphatic heterocycles. The van der Waals surface area contributed by atoms with Crippen LogP contribution in [0.25, 0.3) is 0 Å². The van der Waals surface area contributed by atoms with E-state index in [2.05, 4.69) is 4.98 Å². The van der Waals surface area contributed by atoms with Crippen molar-refractivity contribution in [3.8, 4) is 0 Å². The molecule has 2 rings (SSSR count). The molecule has 18 heavy (non-hydrogen) atoms. The first kappa shape index (κ1) is 13.0. The molecule has 1 aromatic heterocycles. The van der Waals surface area contributed by atoms with E-state index in [4.69, 9.17) is 15.6 Å². The first-order chi connectivity index (χ1) is 8.47. The van der Waals surface area contributed by atoms with E-state index in [1.54, 1.807) is 6.92 Å². The normalized spacial score (nSPS) is 31.8. The molecule has 0 aliphatic carbocycles. The number of hydrogen-bond acceptors (Lipinski definition) is 6. The number of aromatic nitrogens is 2. The molecule has 1 aliphatic rings. The highest BCUT2D eigenvalue weighted by Crippen LogP contribution is 2.30. The van der Waals surface area contributed by atoms with Gasteiger partial charge >= 0.3 is 0 Å². The van der Waals surface area contributed by atoms with E-state index in [9.17, 15) is 15.0 Å². The fraction of sp³-hybridized carbons (Fsp3) is 0.600. The summed E-state index contributed by atoms with van der Waals surface area (Å²) >= 11 is 0. The summed E-state index contributed by atoms with van der Waals surface area (Å²) < 4.78 is 6.72. The zero-order chi connectivity index (χ0) is 13.4. The maximum Gasteiger partial charge on any atom is 0.269 e. The summed E-state index contributed by atoms with van der Waals surface area (Å²) in [5.41, 5.74) is 5.64. The molecule has 100 valence electrons. The molecule has 0 saturated carbocycles. The topological polar surface area (TPSA) is 131 Å². The minimum Gasteiger partial charge on any atom is -0.394 e. The predicted molar refractivity (Wildman–Crippen MR) is 58.5 cm³/mol. The van der Waals surface area contributed by atoms with E-state index in [1.807, 2.05) is 0 Å². The molecule has 1 aromatic rings. The molecule has 0 aromatic carbocycles. The minimum atomic E-state index is -1.21. The third-order valence-corrected chi connectivity index (χ3v) is 3.07. The van der Waals surface area contributed by atoms with Crippen molar-refractivity contribution in [1.29, 1.82) is 0 Å². The van der Waals surface area contributed by atoms with Gasteiger partial charge in [-0.15, -0.1) is 0 Å². The van der Waals surface area contributed by atoms with E-state index in [1.165, 1.54) is 10.9 Å². The van der Waals surface area contributed by atoms with Gasteiger partial charge in [-0.3, -0.25) is 4.79 Å². The second-order valence-corrected chi connectivity index (χ2v) is 4.18. The first-order valence-corrected chi connectivity index (χ1v) is 5.43. The number of primary amides is 1. The zero-order valence-corrected chi connectivity index (χ0v) is 9.72. The van der Waals surface area contributed by atoms with Crippen LogP contribution in [0.1, 0.15) is 22.4 Å². The number of aliphatic hydroxyl groups excluding tert-OH is 3. The van der Waals surface area contributed by atoms with Gasteiger partial charge in [0.2, 0.25) is 0 Å². The molecule has 1 saturated heterocycles. The van der Waals surface area contributed by atoms with Gasteiger partial charge in [-0.1, -0.05) is 0 Å². The van der Waals surface area contributed by atoms with E-state index >= 15 is 0 Å². The highest BCUT2D eigenvalue weighted by molar-refractivity contribution is 5.91. The second kappa shape index (κ2) is 4.65. The van der Waals surface area contributed by atoms with Gasteiger partial charge in [0.15, 0.2) is 6.23 Å². The summed E-state index contributed by atoms with van der Waals surface area (Å²) in [5, 5.41) is 28.5. The van der Waals surface area contributed by atoms with Crippen LogP contribution in [-0.2, 0) is 4.74 Å². The molecule has 1 amide bonds. The van der Waals surface area contributed by atoms with Gasteiger partial charge in [-0.25, -0.2) is 4.98 Å². The molecular formula is C10H15N3O5. The number of carbonyl (C=O) groups is 1. The van der Waals surface area contributed by atoms with Gasteiger partial charge in [0.25, 0.3) is 5.91 Å². The highest BCUT2D eigenvalue weighted by atomic mass is 16.6. The lowest BCUT2D eigenvalue weighted by Gasteiger charge is -2.17. The Kier molecular flexibility index (Phi) is 3.35. The Hall–Kier alpha value is -1.48. The number of imidazole rings is 1. The molecular weight excluding hydrogens is 242 g/mol. The Morgan fingerprint density at radius 1 is 1.56 bits per heavy atom. The lowest BCUT2D eigenvalue weighted by Crippen LogP contribution is -2.33. The molecule has 1 fully saturated rings. The van der Waals surface area contributed by atoms with Crippen LogP contribution in [0.2, 0.25) is 0 Å². The largest absolute Gasteiger partial charge is 0.394 e. The lowest BCUT2D eigenvalue weighted by atomic mass is 10.1. The van der Waals surface area contributed by atoms with Crippen LogP contribution in [0, 0.1) is 6.92 Å². The van der Waals surface area contributed by atoms with Crippen molar-refractivity contribution in [1.82, 2.24) is 9.55 Å². The maximum atomic E-state index is 11.1. The summed E-state index contributed by atoms with van der Waals surface area (Å²) in [7, 11) is 0. The Bertz CT molecular complexity index is 460. The van der Waals surface area contributed by atoms with Crippen LogP contribution in [-0.4, -0.2) is 55.7 Å². The Morgan fingerprint density at radius 3 is 2.67 bits per heavy atom. The molecule has 2 heterocycles. The predicted octanol–water partition coefficient (Wildman–Crippen LogP) is -2.10. The van der Waals surface area contributed by atoms with Crippen LogP contribution in [0.15, 0.2) is 6.33 Å². The Morgan fingerprint density at radius 2 is 2.22 bits per heavy atom. The summed E-state index contributed by atoms with van der Waals surface area (Å²) in [6.07, 6.45) is -2.88. The van der Waals surface area contributed by atoms with Crippen LogP contribution in [0.3, 0.4) is 0 Å². The van der Waals surface area contributed by atoms with E-state index in [-0.39, 0.29) is 5.69 Å². The van der Waals surface area contributed by atoms with Crippen molar-refractivity contribution in [2.24, 2.45) is 5.73 Å². The van der Waals surface area contributed by atoms with E-state index in [0.29, 0.717) is 5.69 Å². The fourth-order valence-electron chi connectivity index (χ4n) is 2.03. The van der Waals surface area contributed by atoms with Gasteiger partial charge in [0.05, 0.1) is 12.9 Å². The number of nitrogens with zero attached hydrogens (tertiary/aromatic N) is 2. The van der Waals surface area contributed by atoms with Crippen molar-refractivity contribution in [3.63, 3.8) is 0 Å². The molecule has 4 atom stereocenters. The van der Waals surface area contributed by atoms with Gasteiger partial charge in [-0.2, -0.15) is 0 Å². The second-order valence-electron chi connectivity index (χ2n) is 4.18. The Labute approximate surface area is 103 Å². The average molecular weight is 257 g/mol. The number of hydrogen-bond donors (Lipinski definition) is 4. The van der Waals surface area contributed by atoms with Gasteiger partial charge in [-0.05, 0) is 6.92 Å². The molecule has 5 N–H and O–H groups in total. The first-order valence-electron chi connectivity index (χ1n) is 5.43. The average Bonchev–Trinajstić information content (AvgIpc) is 2.82. The quantitative estimate of drug-likeness (QED) is 0.490. The molecule has 1 unspecified atom stereocenters. The van der Waals surface area contributed by atoms with Gasteiger partial charge in [0, 0.05) is 5.69 Å². The third-order valence-electron chi connectivity index (χ3n) is 3.07. The molecule has 0 radical (unpaired) electrons. The van der Waals surface area contributed by atoms with E-state index < -0.39 is 37.1 Å². The number of amides is 1. The van der Waals surface area contributed by atoms with Crippen LogP contribution < -0.4 is 5.73 Å². The number of nitrogens with two attached hydrogens (primary N) is 1. The molecule has 8 nitrogen and oxygen atoms in total. The number of ether oxygens (including phenoxy) is 1. The molecule has 8 heteroatoms. The van der Waals surface area contributed by atoms with Crippen molar-refractivity contribution >= 4 is 5.91 Å². The van der Waals surface area contributed by atoms with Crippen LogP contribution in [0.5, 0.6) is 0 Å². The van der Waals surface area contributed by atoms with Crippen LogP contribution >= 0.6 is 0 Å². The molecule has 0 spiro atoms. The fourth-order valence-corrected chi connectivity index (χ4v) is 2.03.